The predicted molar refractivity (Wildman–Crippen MR) is 74.4 cm³/mol. The maximum atomic E-state index is 11.4. The molecular weight excluding hydrogens is 336 g/mol. The summed E-state index contributed by atoms with van der Waals surface area (Å²) < 4.78 is 0.715. The summed E-state index contributed by atoms with van der Waals surface area (Å²) in [6.45, 7) is 0. The number of carbonyl (C=O) groups is 3. The average Bonchev–Trinajstić information content (AvgIpc) is 2.35. The fourth-order valence-electron chi connectivity index (χ4n) is 1.16. The lowest BCUT2D eigenvalue weighted by Crippen LogP contribution is -2.38. The van der Waals surface area contributed by atoms with Crippen molar-refractivity contribution in [3.05, 3.63) is 28.2 Å². The van der Waals surface area contributed by atoms with Crippen LogP contribution in [0.3, 0.4) is 0 Å². The van der Waals surface area contributed by atoms with Gasteiger partial charge in [-0.15, -0.1) is 11.8 Å². The minimum Gasteiger partial charge on any atom is -0.478 e. The fraction of sp³-hybridized carbons (Fsp3) is 0.182. The maximum Gasteiger partial charge on any atom is 0.336 e. The molecule has 6 nitrogen and oxygen atoms in total. The summed E-state index contributed by atoms with van der Waals surface area (Å²) in [6.07, 6.45) is 0. The second kappa shape index (κ2) is 7.15. The van der Waals surface area contributed by atoms with Crippen molar-refractivity contribution in [1.82, 2.24) is 10.6 Å². The summed E-state index contributed by atoms with van der Waals surface area (Å²) in [7, 11) is 1.40. The van der Waals surface area contributed by atoms with E-state index in [2.05, 4.69) is 26.6 Å². The van der Waals surface area contributed by atoms with Gasteiger partial charge in [0, 0.05) is 16.4 Å². The molecule has 0 bridgehead atoms. The Morgan fingerprint density at radius 2 is 2.05 bits per heavy atom. The normalized spacial score (nSPS) is 9.79. The van der Waals surface area contributed by atoms with Crippen LogP contribution in [-0.4, -0.2) is 35.8 Å². The first kappa shape index (κ1) is 15.5. The highest BCUT2D eigenvalue weighted by molar-refractivity contribution is 9.10. The van der Waals surface area contributed by atoms with Gasteiger partial charge in [0.05, 0.1) is 11.3 Å². The molecule has 0 spiro atoms. The van der Waals surface area contributed by atoms with Gasteiger partial charge in [-0.3, -0.25) is 10.1 Å². The molecule has 1 aromatic carbocycles. The van der Waals surface area contributed by atoms with Gasteiger partial charge in [-0.1, -0.05) is 15.9 Å². The SMILES string of the molecule is CNC(=O)NC(=O)CSc1cc(Br)ccc1C(=O)O. The Hall–Kier alpha value is -1.54. The second-order valence-corrected chi connectivity index (χ2v) is 5.29. The van der Waals surface area contributed by atoms with E-state index in [-0.39, 0.29) is 11.3 Å². The van der Waals surface area contributed by atoms with Crippen molar-refractivity contribution in [2.24, 2.45) is 0 Å². The van der Waals surface area contributed by atoms with E-state index in [0.29, 0.717) is 9.37 Å². The molecule has 1 rings (SSSR count). The van der Waals surface area contributed by atoms with Crippen LogP contribution >= 0.6 is 27.7 Å². The number of thioether (sulfide) groups is 1. The van der Waals surface area contributed by atoms with Gasteiger partial charge in [-0.05, 0) is 18.2 Å². The minimum atomic E-state index is -1.07. The molecule has 1 aromatic rings. The number of hydrogen-bond acceptors (Lipinski definition) is 4. The van der Waals surface area contributed by atoms with E-state index in [9.17, 15) is 14.4 Å². The number of carbonyl (C=O) groups excluding carboxylic acids is 2. The van der Waals surface area contributed by atoms with Crippen molar-refractivity contribution >= 4 is 45.6 Å². The van der Waals surface area contributed by atoms with Gasteiger partial charge in [-0.25, -0.2) is 9.59 Å². The van der Waals surface area contributed by atoms with Gasteiger partial charge >= 0.3 is 12.0 Å². The van der Waals surface area contributed by atoms with E-state index in [0.717, 1.165) is 11.8 Å². The van der Waals surface area contributed by atoms with Crippen LogP contribution in [0.1, 0.15) is 10.4 Å². The predicted octanol–water partition coefficient (Wildman–Crippen LogP) is 1.70. The third-order valence-electron chi connectivity index (χ3n) is 2.01. The van der Waals surface area contributed by atoms with Crippen molar-refractivity contribution in [3.8, 4) is 0 Å². The number of carboxylic acid groups (broad SMARTS) is 1. The van der Waals surface area contributed by atoms with E-state index in [1.165, 1.54) is 13.1 Å². The van der Waals surface area contributed by atoms with Crippen LogP contribution < -0.4 is 10.6 Å². The third-order valence-corrected chi connectivity index (χ3v) is 3.56. The molecule has 0 atom stereocenters. The Kier molecular flexibility index (Phi) is 5.84. The summed E-state index contributed by atoms with van der Waals surface area (Å²) in [4.78, 5) is 33.8. The molecule has 102 valence electrons. The zero-order valence-electron chi connectivity index (χ0n) is 9.90. The molecule has 0 fully saturated rings. The molecule has 0 aliphatic rings. The zero-order chi connectivity index (χ0) is 14.4. The number of amides is 3. The molecule has 0 aliphatic heterocycles. The van der Waals surface area contributed by atoms with Gasteiger partial charge in [-0.2, -0.15) is 0 Å². The molecule has 0 saturated carbocycles. The zero-order valence-corrected chi connectivity index (χ0v) is 12.3. The fourth-order valence-corrected chi connectivity index (χ4v) is 2.55. The van der Waals surface area contributed by atoms with E-state index < -0.39 is 17.9 Å². The van der Waals surface area contributed by atoms with Crippen LogP contribution in [-0.2, 0) is 4.79 Å². The molecule has 0 unspecified atom stereocenters. The maximum absolute atomic E-state index is 11.4. The number of carboxylic acids is 1. The number of halogens is 1. The summed E-state index contributed by atoms with van der Waals surface area (Å²) in [5.74, 6) is -1.62. The third kappa shape index (κ3) is 4.92. The molecule has 0 aliphatic carbocycles. The first-order chi connectivity index (χ1) is 8.93. The first-order valence-corrected chi connectivity index (χ1v) is 6.89. The second-order valence-electron chi connectivity index (χ2n) is 3.36. The van der Waals surface area contributed by atoms with Crippen LogP contribution in [0, 0.1) is 0 Å². The number of rotatable bonds is 4. The lowest BCUT2D eigenvalue weighted by Gasteiger charge is -2.06. The number of imide groups is 1. The van der Waals surface area contributed by atoms with Gasteiger partial charge in [0.15, 0.2) is 0 Å². The molecular formula is C11H11BrN2O4S. The Labute approximate surface area is 122 Å². The molecule has 3 amide bonds. The summed E-state index contributed by atoms with van der Waals surface area (Å²) >= 11 is 4.28. The quantitative estimate of drug-likeness (QED) is 0.721. The number of urea groups is 1. The summed E-state index contributed by atoms with van der Waals surface area (Å²) in [5.41, 5.74) is 0.112. The Morgan fingerprint density at radius 3 is 2.63 bits per heavy atom. The van der Waals surface area contributed by atoms with Crippen molar-refractivity contribution in [2.45, 2.75) is 4.90 Å². The van der Waals surface area contributed by atoms with Crippen LogP contribution in [0.15, 0.2) is 27.6 Å². The summed E-state index contributed by atoms with van der Waals surface area (Å²) in [5, 5.41) is 13.4. The Morgan fingerprint density at radius 1 is 1.37 bits per heavy atom. The Balaban J connectivity index is 2.72. The summed E-state index contributed by atoms with van der Waals surface area (Å²) in [6, 6.07) is 4.07. The van der Waals surface area contributed by atoms with E-state index in [1.54, 1.807) is 12.1 Å². The van der Waals surface area contributed by atoms with Crippen LogP contribution in [0.2, 0.25) is 0 Å². The van der Waals surface area contributed by atoms with Gasteiger partial charge in [0.2, 0.25) is 5.91 Å². The molecule has 3 N–H and O–H groups in total. The van der Waals surface area contributed by atoms with E-state index >= 15 is 0 Å². The number of hydrogen-bond donors (Lipinski definition) is 3. The lowest BCUT2D eigenvalue weighted by molar-refractivity contribution is -0.117. The van der Waals surface area contributed by atoms with Crippen molar-refractivity contribution in [2.75, 3.05) is 12.8 Å². The molecule has 19 heavy (non-hydrogen) atoms. The highest BCUT2D eigenvalue weighted by atomic mass is 79.9. The van der Waals surface area contributed by atoms with Crippen molar-refractivity contribution in [3.63, 3.8) is 0 Å². The van der Waals surface area contributed by atoms with Gasteiger partial charge in [0.25, 0.3) is 0 Å². The smallest absolute Gasteiger partial charge is 0.336 e. The number of benzene rings is 1. The topological polar surface area (TPSA) is 95.5 Å². The first-order valence-electron chi connectivity index (χ1n) is 5.11. The number of aromatic carboxylic acids is 1. The monoisotopic (exact) mass is 346 g/mol. The molecule has 0 heterocycles. The van der Waals surface area contributed by atoms with Crippen LogP contribution in [0.4, 0.5) is 4.79 Å². The minimum absolute atomic E-state index is 0.0514. The van der Waals surface area contributed by atoms with E-state index in [1.807, 2.05) is 0 Å². The lowest BCUT2D eigenvalue weighted by atomic mass is 10.2. The van der Waals surface area contributed by atoms with Crippen LogP contribution in [0.5, 0.6) is 0 Å². The average molecular weight is 347 g/mol. The highest BCUT2D eigenvalue weighted by Gasteiger charge is 2.13. The van der Waals surface area contributed by atoms with Gasteiger partial charge in [0.1, 0.15) is 0 Å². The molecule has 0 saturated heterocycles. The van der Waals surface area contributed by atoms with Crippen LogP contribution in [0.25, 0.3) is 0 Å². The molecule has 0 radical (unpaired) electrons. The Bertz CT molecular complexity index is 521. The van der Waals surface area contributed by atoms with Gasteiger partial charge < -0.3 is 10.4 Å². The molecule has 8 heteroatoms. The van der Waals surface area contributed by atoms with E-state index in [4.69, 9.17) is 5.11 Å². The highest BCUT2D eigenvalue weighted by Crippen LogP contribution is 2.26. The van der Waals surface area contributed by atoms with Crippen molar-refractivity contribution in [1.29, 1.82) is 0 Å². The number of nitrogens with one attached hydrogen (secondary N) is 2. The molecule has 0 aromatic heterocycles. The van der Waals surface area contributed by atoms with Crippen molar-refractivity contribution < 1.29 is 19.5 Å². The standard InChI is InChI=1S/C11H11BrN2O4S/c1-13-11(18)14-9(15)5-19-8-4-6(12)2-3-7(8)10(16)17/h2-4H,5H2,1H3,(H,16,17)(H2,13,14,15,18). The largest absolute Gasteiger partial charge is 0.478 e.